The highest BCUT2D eigenvalue weighted by Crippen LogP contribution is 2.40. The first-order valence-electron chi connectivity index (χ1n) is 14.6. The number of ether oxygens (including phenoxy) is 1. The van der Waals surface area contributed by atoms with Gasteiger partial charge >= 0.3 is 0 Å². The zero-order chi connectivity index (χ0) is 24.5. The summed E-state index contributed by atoms with van der Waals surface area (Å²) in [5, 5.41) is 0. The second-order valence-electron chi connectivity index (χ2n) is 11.4. The molecule has 0 spiro atoms. The van der Waals surface area contributed by atoms with E-state index in [9.17, 15) is 0 Å². The lowest BCUT2D eigenvalue weighted by Crippen LogP contribution is -2.18. The van der Waals surface area contributed by atoms with E-state index in [0.29, 0.717) is 11.8 Å². The number of halogens is 1. The topological polar surface area (TPSA) is 9.23 Å². The van der Waals surface area contributed by atoms with Crippen LogP contribution in [-0.2, 0) is 4.74 Å². The van der Waals surface area contributed by atoms with Crippen LogP contribution in [0, 0.1) is 17.7 Å². The van der Waals surface area contributed by atoms with Crippen molar-refractivity contribution in [3.05, 3.63) is 59.4 Å². The molecule has 0 heterocycles. The molecule has 4 rings (SSSR count). The summed E-state index contributed by atoms with van der Waals surface area (Å²) in [6.07, 6.45) is 16.4. The predicted octanol–water partition coefficient (Wildman–Crippen LogP) is 10.0. The Morgan fingerprint density at radius 1 is 0.714 bits per heavy atom. The summed E-state index contributed by atoms with van der Waals surface area (Å²) in [4.78, 5) is 0. The monoisotopic (exact) mass is 478 g/mol. The number of unbranched alkanes of at least 4 members (excludes halogenated alkanes) is 2. The first kappa shape index (κ1) is 26.4. The molecule has 0 saturated heterocycles. The van der Waals surface area contributed by atoms with Gasteiger partial charge in [0.25, 0.3) is 0 Å². The largest absolute Gasteiger partial charge is 0.381 e. The van der Waals surface area contributed by atoms with Gasteiger partial charge in [0.05, 0.1) is 0 Å². The summed E-state index contributed by atoms with van der Waals surface area (Å²) >= 11 is 0. The molecule has 35 heavy (non-hydrogen) atoms. The summed E-state index contributed by atoms with van der Waals surface area (Å²) in [5.74, 6) is 2.64. The van der Waals surface area contributed by atoms with E-state index in [-0.39, 0.29) is 5.82 Å². The highest BCUT2D eigenvalue weighted by Gasteiger charge is 2.25. The second kappa shape index (κ2) is 13.6. The van der Waals surface area contributed by atoms with Crippen molar-refractivity contribution in [2.75, 3.05) is 13.2 Å². The Hall–Kier alpha value is -1.67. The first-order chi connectivity index (χ1) is 17.2. The van der Waals surface area contributed by atoms with Crippen molar-refractivity contribution in [1.29, 1.82) is 0 Å². The Morgan fingerprint density at radius 2 is 1.37 bits per heavy atom. The minimum absolute atomic E-state index is 0.00961. The Bertz CT molecular complexity index is 872. The second-order valence-corrected chi connectivity index (χ2v) is 11.4. The molecule has 2 aliphatic carbocycles. The molecule has 0 unspecified atom stereocenters. The highest BCUT2D eigenvalue weighted by molar-refractivity contribution is 5.64. The quantitative estimate of drug-likeness (QED) is 0.292. The third-order valence-electron chi connectivity index (χ3n) is 8.77. The van der Waals surface area contributed by atoms with E-state index in [0.717, 1.165) is 61.0 Å². The molecule has 0 bridgehead atoms. The molecule has 0 radical (unpaired) electrons. The summed E-state index contributed by atoms with van der Waals surface area (Å²) in [7, 11) is 0. The molecule has 2 aromatic rings. The Labute approximate surface area is 213 Å². The molecule has 2 aliphatic rings. The van der Waals surface area contributed by atoms with Gasteiger partial charge in [-0.15, -0.1) is 0 Å². The highest BCUT2D eigenvalue weighted by atomic mass is 19.1. The van der Waals surface area contributed by atoms with E-state index in [4.69, 9.17) is 4.74 Å². The normalized spacial score (nSPS) is 25.0. The zero-order valence-corrected chi connectivity index (χ0v) is 22.2. The predicted molar refractivity (Wildman–Crippen MR) is 146 cm³/mol. The lowest BCUT2D eigenvalue weighted by Gasteiger charge is -2.29. The summed E-state index contributed by atoms with van der Waals surface area (Å²) in [5.41, 5.74) is 4.51. The molecule has 2 saturated carbocycles. The number of hydrogen-bond donors (Lipinski definition) is 0. The van der Waals surface area contributed by atoms with Gasteiger partial charge in [0.1, 0.15) is 5.82 Å². The summed E-state index contributed by atoms with van der Waals surface area (Å²) < 4.78 is 21.0. The zero-order valence-electron chi connectivity index (χ0n) is 22.2. The molecule has 2 heteroatoms. The van der Waals surface area contributed by atoms with Crippen LogP contribution in [0.5, 0.6) is 0 Å². The van der Waals surface area contributed by atoms with Crippen LogP contribution in [0.2, 0.25) is 0 Å². The van der Waals surface area contributed by atoms with E-state index < -0.39 is 0 Å². The third-order valence-corrected chi connectivity index (χ3v) is 8.77. The number of hydrogen-bond acceptors (Lipinski definition) is 1. The lowest BCUT2D eigenvalue weighted by molar-refractivity contribution is 0.0832. The molecule has 0 aliphatic heterocycles. The number of rotatable bonds is 11. The van der Waals surface area contributed by atoms with Gasteiger partial charge in [-0.3, -0.25) is 0 Å². The van der Waals surface area contributed by atoms with Gasteiger partial charge in [-0.2, -0.15) is 0 Å². The Balaban J connectivity index is 1.30. The fraction of sp³-hybridized carbons (Fsp3) is 0.636. The smallest absolute Gasteiger partial charge is 0.127 e. The van der Waals surface area contributed by atoms with Gasteiger partial charge < -0.3 is 4.74 Å². The number of benzene rings is 2. The van der Waals surface area contributed by atoms with E-state index in [1.165, 1.54) is 69.8 Å². The fourth-order valence-corrected chi connectivity index (χ4v) is 6.49. The van der Waals surface area contributed by atoms with Gasteiger partial charge in [-0.25, -0.2) is 4.39 Å². The van der Waals surface area contributed by atoms with Gasteiger partial charge in [0.15, 0.2) is 0 Å². The van der Waals surface area contributed by atoms with Crippen LogP contribution >= 0.6 is 0 Å². The standard InChI is InChI=1S/C33H47FO/c1-3-5-6-7-25-8-14-30(15-9-25)32-21-20-31(23-33(32)34)29-18-16-28(17-19-29)27-12-10-26(11-13-27)24-35-22-4-2/h16-21,23,25-27,30H,3-15,22,24H2,1-2H3. The average molecular weight is 479 g/mol. The Morgan fingerprint density at radius 3 is 2.03 bits per heavy atom. The van der Waals surface area contributed by atoms with Crippen LogP contribution in [0.1, 0.15) is 120 Å². The van der Waals surface area contributed by atoms with E-state index in [2.05, 4.69) is 50.2 Å². The van der Waals surface area contributed by atoms with Crippen molar-refractivity contribution in [3.8, 4) is 11.1 Å². The van der Waals surface area contributed by atoms with Gasteiger partial charge in [0.2, 0.25) is 0 Å². The molecular weight excluding hydrogens is 431 g/mol. The van der Waals surface area contributed by atoms with Crippen LogP contribution in [0.15, 0.2) is 42.5 Å². The molecule has 192 valence electrons. The average Bonchev–Trinajstić information content (AvgIpc) is 2.90. The molecule has 2 fully saturated rings. The fourth-order valence-electron chi connectivity index (χ4n) is 6.49. The van der Waals surface area contributed by atoms with Crippen LogP contribution in [0.25, 0.3) is 11.1 Å². The van der Waals surface area contributed by atoms with E-state index in [1.54, 1.807) is 6.07 Å². The molecule has 0 atom stereocenters. The van der Waals surface area contributed by atoms with E-state index in [1.807, 2.05) is 0 Å². The van der Waals surface area contributed by atoms with Crippen molar-refractivity contribution in [2.45, 2.75) is 109 Å². The van der Waals surface area contributed by atoms with Crippen molar-refractivity contribution >= 4 is 0 Å². The minimum atomic E-state index is -0.00961. The van der Waals surface area contributed by atoms with Crippen LogP contribution in [0.4, 0.5) is 4.39 Å². The minimum Gasteiger partial charge on any atom is -0.381 e. The maximum atomic E-state index is 15.2. The SMILES string of the molecule is CCCCCC1CCC(c2ccc(-c3ccc(C4CCC(COCCC)CC4)cc3)cc2F)CC1. The van der Waals surface area contributed by atoms with Gasteiger partial charge in [-0.1, -0.05) is 75.9 Å². The first-order valence-corrected chi connectivity index (χ1v) is 14.6. The lowest BCUT2D eigenvalue weighted by atomic mass is 9.76. The van der Waals surface area contributed by atoms with Crippen LogP contribution < -0.4 is 0 Å². The van der Waals surface area contributed by atoms with E-state index >= 15 is 4.39 Å². The Kier molecular flexibility index (Phi) is 10.2. The van der Waals surface area contributed by atoms with Crippen molar-refractivity contribution in [2.24, 2.45) is 11.8 Å². The van der Waals surface area contributed by atoms with Gasteiger partial charge in [-0.05, 0) is 110 Å². The molecular formula is C33H47FO. The molecule has 2 aromatic carbocycles. The summed E-state index contributed by atoms with van der Waals surface area (Å²) in [6.45, 7) is 6.27. The molecule has 0 amide bonds. The molecule has 1 nitrogen and oxygen atoms in total. The van der Waals surface area contributed by atoms with Gasteiger partial charge in [0, 0.05) is 13.2 Å². The maximum absolute atomic E-state index is 15.2. The van der Waals surface area contributed by atoms with Crippen molar-refractivity contribution in [3.63, 3.8) is 0 Å². The molecule has 0 aromatic heterocycles. The third kappa shape index (κ3) is 7.42. The van der Waals surface area contributed by atoms with Crippen LogP contribution in [-0.4, -0.2) is 13.2 Å². The summed E-state index contributed by atoms with van der Waals surface area (Å²) in [6, 6.07) is 14.9. The van der Waals surface area contributed by atoms with Crippen molar-refractivity contribution in [1.82, 2.24) is 0 Å². The molecule has 0 N–H and O–H groups in total. The van der Waals surface area contributed by atoms with Crippen molar-refractivity contribution < 1.29 is 9.13 Å². The maximum Gasteiger partial charge on any atom is 0.127 e. The van der Waals surface area contributed by atoms with Crippen LogP contribution in [0.3, 0.4) is 0 Å².